The quantitative estimate of drug-likeness (QED) is 0.464. The summed E-state index contributed by atoms with van der Waals surface area (Å²) < 4.78 is 0. The highest BCUT2D eigenvalue weighted by Gasteiger charge is 1.97. The van der Waals surface area contributed by atoms with Gasteiger partial charge in [-0.2, -0.15) is 0 Å². The highest BCUT2D eigenvalue weighted by molar-refractivity contribution is 5.85. The van der Waals surface area contributed by atoms with Crippen molar-refractivity contribution in [3.8, 4) is 0 Å². The third kappa shape index (κ3) is 6.25. The van der Waals surface area contributed by atoms with Gasteiger partial charge in [-0.05, 0) is 6.42 Å². The highest BCUT2D eigenvalue weighted by Crippen LogP contribution is 1.85. The average molecular weight is 172 g/mol. The van der Waals surface area contributed by atoms with Crippen LogP contribution in [0.1, 0.15) is 6.42 Å². The Labute approximate surface area is 66.5 Å². The van der Waals surface area contributed by atoms with E-state index in [1.54, 1.807) is 0 Å². The number of aliphatic hydroxyl groups is 3. The molecule has 3 N–H and O–H groups in total. The monoisotopic (exact) mass is 171 g/mol. The van der Waals surface area contributed by atoms with Crippen molar-refractivity contribution in [3.05, 3.63) is 0 Å². The van der Waals surface area contributed by atoms with Crippen molar-refractivity contribution in [1.82, 2.24) is 4.90 Å². The molecule has 0 aliphatic carbocycles. The fourth-order valence-electron chi connectivity index (χ4n) is 0.480. The minimum atomic E-state index is -0.156. The molecule has 0 fully saturated rings. The zero-order valence-corrected chi connectivity index (χ0v) is 6.55. The first-order valence-corrected chi connectivity index (χ1v) is 2.90. The van der Waals surface area contributed by atoms with Gasteiger partial charge in [0.05, 0.1) is 13.5 Å². The van der Waals surface area contributed by atoms with Crippen LogP contribution in [0.25, 0.3) is 0 Å². The maximum atomic E-state index is 8.44. The zero-order chi connectivity index (χ0) is 7.11. The van der Waals surface area contributed by atoms with Gasteiger partial charge in [-0.25, -0.2) is 0 Å². The summed E-state index contributed by atoms with van der Waals surface area (Å²) in [6.45, 7) is 0.312. The largest absolute Gasteiger partial charge is 0.396 e. The summed E-state index contributed by atoms with van der Waals surface area (Å²) in [5.41, 5.74) is 0. The van der Waals surface area contributed by atoms with Crippen LogP contribution in [-0.2, 0) is 0 Å². The van der Waals surface area contributed by atoms with Gasteiger partial charge in [-0.15, -0.1) is 12.4 Å². The fraction of sp³-hybridized carbons (Fsp3) is 1.00. The van der Waals surface area contributed by atoms with Crippen LogP contribution < -0.4 is 0 Å². The van der Waals surface area contributed by atoms with Crippen LogP contribution in [0.2, 0.25) is 0 Å². The van der Waals surface area contributed by atoms with E-state index in [1.165, 1.54) is 4.90 Å². The molecule has 0 aromatic carbocycles. The molecule has 0 aromatic rings. The molecule has 0 spiro atoms. The van der Waals surface area contributed by atoms with Gasteiger partial charge < -0.3 is 15.3 Å². The summed E-state index contributed by atoms with van der Waals surface area (Å²) in [5.74, 6) is 0. The van der Waals surface area contributed by atoms with E-state index in [1.807, 2.05) is 0 Å². The Morgan fingerprint density at radius 1 is 1.00 bits per heavy atom. The molecule has 0 aromatic heterocycles. The molecule has 0 aliphatic heterocycles. The molecule has 4 nitrogen and oxygen atoms in total. The Morgan fingerprint density at radius 2 is 1.50 bits per heavy atom. The van der Waals surface area contributed by atoms with Gasteiger partial charge in [0, 0.05) is 13.2 Å². The third-order valence-corrected chi connectivity index (χ3v) is 1.03. The van der Waals surface area contributed by atoms with Crippen molar-refractivity contribution < 1.29 is 15.3 Å². The fourth-order valence-corrected chi connectivity index (χ4v) is 0.480. The number of rotatable bonds is 5. The van der Waals surface area contributed by atoms with Gasteiger partial charge in [0.25, 0.3) is 0 Å². The standard InChI is InChI=1S/C5H13NO3.ClH/c7-3-1-2-6(4-8)5-9;/h7-9H,1-5H2;1H. The summed E-state index contributed by atoms with van der Waals surface area (Å²) in [6.07, 6.45) is 0.584. The minimum absolute atomic E-state index is 0. The molecule has 0 atom stereocenters. The Balaban J connectivity index is 0. The van der Waals surface area contributed by atoms with Gasteiger partial charge >= 0.3 is 0 Å². The lowest BCUT2D eigenvalue weighted by atomic mass is 10.4. The van der Waals surface area contributed by atoms with Gasteiger partial charge in [-0.1, -0.05) is 0 Å². The molecule has 0 unspecified atom stereocenters. The second-order valence-corrected chi connectivity index (χ2v) is 1.75. The third-order valence-electron chi connectivity index (χ3n) is 1.03. The molecule has 0 radical (unpaired) electrons. The van der Waals surface area contributed by atoms with Crippen LogP contribution in [0, 0.1) is 0 Å². The smallest absolute Gasteiger partial charge is 0.0974 e. The van der Waals surface area contributed by atoms with Crippen LogP contribution in [0.15, 0.2) is 0 Å². The van der Waals surface area contributed by atoms with E-state index in [9.17, 15) is 0 Å². The SMILES string of the molecule is Cl.OCCCN(CO)CO. The molecule has 0 bridgehead atoms. The lowest BCUT2D eigenvalue weighted by Gasteiger charge is -2.14. The van der Waals surface area contributed by atoms with E-state index >= 15 is 0 Å². The van der Waals surface area contributed by atoms with Gasteiger partial charge in [-0.3, -0.25) is 4.90 Å². The summed E-state index contributed by atoms with van der Waals surface area (Å²) >= 11 is 0. The summed E-state index contributed by atoms with van der Waals surface area (Å²) in [7, 11) is 0. The molecule has 0 amide bonds. The van der Waals surface area contributed by atoms with E-state index in [-0.39, 0.29) is 32.5 Å². The second-order valence-electron chi connectivity index (χ2n) is 1.75. The van der Waals surface area contributed by atoms with Crippen molar-refractivity contribution in [2.75, 3.05) is 26.6 Å². The van der Waals surface area contributed by atoms with Crippen LogP contribution in [-0.4, -0.2) is 46.8 Å². The van der Waals surface area contributed by atoms with E-state index in [0.29, 0.717) is 13.0 Å². The highest BCUT2D eigenvalue weighted by atomic mass is 35.5. The lowest BCUT2D eigenvalue weighted by Crippen LogP contribution is -2.27. The molecule has 64 valence electrons. The van der Waals surface area contributed by atoms with Gasteiger partial charge in [0.2, 0.25) is 0 Å². The molecule has 0 heterocycles. The van der Waals surface area contributed by atoms with Crippen LogP contribution >= 0.6 is 12.4 Å². The average Bonchev–Trinajstić information content (AvgIpc) is 1.91. The molecule has 0 saturated heterocycles. The zero-order valence-electron chi connectivity index (χ0n) is 5.73. The van der Waals surface area contributed by atoms with Crippen molar-refractivity contribution in [2.24, 2.45) is 0 Å². The van der Waals surface area contributed by atoms with E-state index in [0.717, 1.165) is 0 Å². The van der Waals surface area contributed by atoms with Crippen LogP contribution in [0.5, 0.6) is 0 Å². The normalized spacial score (nSPS) is 9.60. The topological polar surface area (TPSA) is 63.9 Å². The number of hydrogen-bond acceptors (Lipinski definition) is 4. The predicted molar refractivity (Wildman–Crippen MR) is 39.8 cm³/mol. The first-order valence-electron chi connectivity index (χ1n) is 2.90. The van der Waals surface area contributed by atoms with Crippen molar-refractivity contribution in [2.45, 2.75) is 6.42 Å². The molecule has 0 aliphatic rings. The number of aliphatic hydroxyl groups excluding tert-OH is 3. The second kappa shape index (κ2) is 9.13. The predicted octanol–water partition coefficient (Wildman–Crippen LogP) is -1.01. The van der Waals surface area contributed by atoms with Crippen LogP contribution in [0.4, 0.5) is 0 Å². The van der Waals surface area contributed by atoms with E-state index in [4.69, 9.17) is 15.3 Å². The van der Waals surface area contributed by atoms with Crippen LogP contribution in [0.3, 0.4) is 0 Å². The van der Waals surface area contributed by atoms with E-state index in [2.05, 4.69) is 0 Å². The Kier molecular flexibility index (Phi) is 11.7. The molecular formula is C5H14ClNO3. The molecular weight excluding hydrogens is 158 g/mol. The van der Waals surface area contributed by atoms with Crippen molar-refractivity contribution >= 4 is 12.4 Å². The van der Waals surface area contributed by atoms with Gasteiger partial charge in [0.1, 0.15) is 0 Å². The molecule has 5 heteroatoms. The van der Waals surface area contributed by atoms with Crippen molar-refractivity contribution in [1.29, 1.82) is 0 Å². The van der Waals surface area contributed by atoms with E-state index < -0.39 is 0 Å². The molecule has 0 saturated carbocycles. The number of nitrogens with zero attached hydrogens (tertiary/aromatic N) is 1. The molecule has 0 rings (SSSR count). The maximum absolute atomic E-state index is 8.44. The van der Waals surface area contributed by atoms with Crippen molar-refractivity contribution in [3.63, 3.8) is 0 Å². The Morgan fingerprint density at radius 3 is 1.80 bits per heavy atom. The maximum Gasteiger partial charge on any atom is 0.0974 e. The number of hydrogen-bond donors (Lipinski definition) is 3. The Hall–Kier alpha value is 0.130. The lowest BCUT2D eigenvalue weighted by molar-refractivity contribution is 0.0258. The summed E-state index contributed by atoms with van der Waals surface area (Å²) in [6, 6.07) is 0. The first kappa shape index (κ1) is 12.8. The summed E-state index contributed by atoms with van der Waals surface area (Å²) in [4.78, 5) is 1.41. The Bertz CT molecular complexity index is 60.9. The first-order chi connectivity index (χ1) is 4.35. The summed E-state index contributed by atoms with van der Waals surface area (Å²) in [5, 5.41) is 25.2. The number of halogens is 1. The molecule has 10 heavy (non-hydrogen) atoms. The minimum Gasteiger partial charge on any atom is -0.396 e. The van der Waals surface area contributed by atoms with Gasteiger partial charge in [0.15, 0.2) is 0 Å².